The van der Waals surface area contributed by atoms with Crippen LogP contribution in [0.1, 0.15) is 47.1 Å². The van der Waals surface area contributed by atoms with Crippen LogP contribution in [-0.2, 0) is 11.3 Å². The molecule has 2 heterocycles. The number of carbonyl (C=O) groups excluding carboxylic acids is 1. The van der Waals surface area contributed by atoms with Crippen LogP contribution in [0.2, 0.25) is 5.02 Å². The van der Waals surface area contributed by atoms with Crippen LogP contribution < -0.4 is 5.32 Å². The minimum absolute atomic E-state index is 0.0901. The van der Waals surface area contributed by atoms with E-state index in [0.717, 1.165) is 11.1 Å². The van der Waals surface area contributed by atoms with Crippen LogP contribution >= 0.6 is 23.2 Å². The fraction of sp³-hybridized carbons (Fsp3) is 0.160. The Kier molecular flexibility index (Phi) is 8.09. The molecule has 1 aromatic carbocycles. The molecule has 2 N–H and O–H groups in total. The first-order chi connectivity index (χ1) is 15.7. The van der Waals surface area contributed by atoms with Gasteiger partial charge in [-0.3, -0.25) is 9.78 Å². The smallest absolute Gasteiger partial charge is 0.337 e. The van der Waals surface area contributed by atoms with Crippen LogP contribution in [0.4, 0.5) is 0 Å². The Labute approximate surface area is 202 Å². The highest BCUT2D eigenvalue weighted by Crippen LogP contribution is 2.17. The summed E-state index contributed by atoms with van der Waals surface area (Å²) in [5, 5.41) is 12.9. The summed E-state index contributed by atoms with van der Waals surface area (Å²) < 4.78 is 2.03. The Balaban J connectivity index is 1.61. The maximum atomic E-state index is 12.5. The monoisotopic (exact) mass is 483 g/mol. The fourth-order valence-electron chi connectivity index (χ4n) is 3.09. The summed E-state index contributed by atoms with van der Waals surface area (Å²) in [6.45, 7) is 4.15. The molecule has 1 atom stereocenters. The van der Waals surface area contributed by atoms with E-state index in [9.17, 15) is 9.59 Å². The Morgan fingerprint density at radius 1 is 1.18 bits per heavy atom. The molecule has 0 radical (unpaired) electrons. The van der Waals surface area contributed by atoms with Crippen molar-refractivity contribution in [2.75, 3.05) is 0 Å². The zero-order chi connectivity index (χ0) is 24.0. The third-order valence-electron chi connectivity index (χ3n) is 4.89. The lowest BCUT2D eigenvalue weighted by Gasteiger charge is -2.13. The maximum Gasteiger partial charge on any atom is 0.337 e. The molecular formula is C25H23Cl2N3O3. The second-order valence-corrected chi connectivity index (χ2v) is 8.45. The van der Waals surface area contributed by atoms with Crippen LogP contribution in [0.25, 0.3) is 6.08 Å². The van der Waals surface area contributed by atoms with E-state index in [2.05, 4.69) is 10.3 Å². The number of rotatable bonds is 8. The molecule has 0 saturated carbocycles. The number of amides is 1. The van der Waals surface area contributed by atoms with E-state index < -0.39 is 12.0 Å². The van der Waals surface area contributed by atoms with E-state index >= 15 is 0 Å². The van der Waals surface area contributed by atoms with Gasteiger partial charge in [-0.05, 0) is 67.5 Å². The first-order valence-electron chi connectivity index (χ1n) is 10.2. The summed E-state index contributed by atoms with van der Waals surface area (Å²) in [7, 11) is 0. The summed E-state index contributed by atoms with van der Waals surface area (Å²) in [6, 6.07) is 12.3. The minimum atomic E-state index is -1.05. The summed E-state index contributed by atoms with van der Waals surface area (Å²) in [5.41, 5.74) is 3.13. The topological polar surface area (TPSA) is 84.2 Å². The third-order valence-corrected chi connectivity index (χ3v) is 5.36. The predicted octanol–water partition coefficient (Wildman–Crippen LogP) is 5.69. The highest BCUT2D eigenvalue weighted by Gasteiger charge is 2.13. The number of benzene rings is 1. The molecule has 2 aromatic heterocycles. The number of aromatic nitrogens is 2. The fourth-order valence-corrected chi connectivity index (χ4v) is 3.50. The van der Waals surface area contributed by atoms with Crippen molar-refractivity contribution in [2.45, 2.75) is 26.4 Å². The second-order valence-electron chi connectivity index (χ2n) is 7.57. The lowest BCUT2D eigenvalue weighted by atomic mass is 10.1. The molecule has 1 amide bonds. The van der Waals surface area contributed by atoms with Gasteiger partial charge in [-0.25, -0.2) is 4.79 Å². The zero-order valence-electron chi connectivity index (χ0n) is 18.1. The second kappa shape index (κ2) is 11.0. The van der Waals surface area contributed by atoms with Gasteiger partial charge in [-0.1, -0.05) is 35.3 Å². The van der Waals surface area contributed by atoms with Gasteiger partial charge >= 0.3 is 5.97 Å². The predicted molar refractivity (Wildman–Crippen MR) is 130 cm³/mol. The first-order valence-corrected chi connectivity index (χ1v) is 10.9. The number of nitrogens with zero attached hydrogens (tertiary/aromatic N) is 2. The molecule has 3 aromatic rings. The number of carboxylic acids is 1. The molecule has 3 rings (SSSR count). The van der Waals surface area contributed by atoms with Crippen molar-refractivity contribution in [1.82, 2.24) is 14.9 Å². The minimum Gasteiger partial charge on any atom is -0.478 e. The van der Waals surface area contributed by atoms with Gasteiger partial charge in [0.1, 0.15) is 0 Å². The van der Waals surface area contributed by atoms with Crippen molar-refractivity contribution in [2.24, 2.45) is 0 Å². The van der Waals surface area contributed by atoms with Crippen molar-refractivity contribution < 1.29 is 14.7 Å². The van der Waals surface area contributed by atoms with Crippen molar-refractivity contribution in [1.29, 1.82) is 0 Å². The largest absolute Gasteiger partial charge is 0.478 e. The number of carboxylic acid groups (broad SMARTS) is 1. The lowest BCUT2D eigenvalue weighted by molar-refractivity contribution is -0.118. The molecule has 0 spiro atoms. The standard InChI is InChI=1S/C25H23Cl2N3O3/c1-16(24(31)29-17(2)23-8-5-20(13-28-23)25(32)33)11-22(27)12-19-9-10-30(15-19)14-18-3-6-21(26)7-4-18/h3-13,15,17H,14H2,1-2H3,(H,29,31)(H,32,33)/b16-11+,22-12+. The maximum absolute atomic E-state index is 12.5. The van der Waals surface area contributed by atoms with Gasteiger partial charge in [0.2, 0.25) is 5.91 Å². The molecule has 170 valence electrons. The van der Waals surface area contributed by atoms with E-state index in [-0.39, 0.29) is 11.5 Å². The molecule has 0 fully saturated rings. The van der Waals surface area contributed by atoms with Gasteiger partial charge < -0.3 is 15.0 Å². The number of pyridine rings is 1. The van der Waals surface area contributed by atoms with E-state index in [4.69, 9.17) is 28.3 Å². The van der Waals surface area contributed by atoms with Crippen LogP contribution in [0.15, 0.2) is 77.7 Å². The molecule has 0 aliphatic rings. The number of hydrogen-bond acceptors (Lipinski definition) is 3. The number of nitrogens with one attached hydrogen (secondary N) is 1. The molecule has 8 heteroatoms. The molecule has 0 bridgehead atoms. The Bertz CT molecular complexity index is 1200. The summed E-state index contributed by atoms with van der Waals surface area (Å²) in [6.07, 6.45) is 8.57. The van der Waals surface area contributed by atoms with E-state index in [1.165, 1.54) is 12.3 Å². The molecule has 1 unspecified atom stereocenters. The van der Waals surface area contributed by atoms with Gasteiger partial charge in [0.05, 0.1) is 17.3 Å². The highest BCUT2D eigenvalue weighted by atomic mass is 35.5. The summed E-state index contributed by atoms with van der Waals surface area (Å²) >= 11 is 12.3. The van der Waals surface area contributed by atoms with Crippen molar-refractivity contribution in [3.63, 3.8) is 0 Å². The Hall–Kier alpha value is -3.35. The number of aromatic carboxylic acids is 1. The lowest BCUT2D eigenvalue weighted by Crippen LogP contribution is -2.27. The number of allylic oxidation sites excluding steroid dienone is 2. The quantitative estimate of drug-likeness (QED) is 0.318. The van der Waals surface area contributed by atoms with Gasteiger partial charge in [-0.2, -0.15) is 0 Å². The molecular weight excluding hydrogens is 461 g/mol. The zero-order valence-corrected chi connectivity index (χ0v) is 19.6. The number of carbonyl (C=O) groups is 2. The highest BCUT2D eigenvalue weighted by molar-refractivity contribution is 6.33. The summed E-state index contributed by atoms with van der Waals surface area (Å²) in [5.74, 6) is -1.34. The first kappa shape index (κ1) is 24.3. The van der Waals surface area contributed by atoms with Gasteiger partial charge in [0, 0.05) is 40.8 Å². The number of hydrogen-bond donors (Lipinski definition) is 2. The van der Waals surface area contributed by atoms with Crippen LogP contribution in [0, 0.1) is 0 Å². The van der Waals surface area contributed by atoms with Gasteiger partial charge in [0.15, 0.2) is 0 Å². The molecule has 0 saturated heterocycles. The van der Waals surface area contributed by atoms with Crippen molar-refractivity contribution in [3.8, 4) is 0 Å². The van der Waals surface area contributed by atoms with Crippen LogP contribution in [0.5, 0.6) is 0 Å². The van der Waals surface area contributed by atoms with Gasteiger partial charge in [-0.15, -0.1) is 0 Å². The summed E-state index contributed by atoms with van der Waals surface area (Å²) in [4.78, 5) is 27.6. The normalized spacial score (nSPS) is 13.0. The average molecular weight is 484 g/mol. The van der Waals surface area contributed by atoms with Crippen LogP contribution in [0.3, 0.4) is 0 Å². The molecule has 33 heavy (non-hydrogen) atoms. The van der Waals surface area contributed by atoms with E-state index in [1.807, 2.05) is 47.3 Å². The SMILES string of the molecule is C/C(=C\C(Cl)=C/c1ccn(Cc2ccc(Cl)cc2)c1)C(=O)NC(C)c1ccc(C(=O)O)cn1. The number of halogens is 2. The third kappa shape index (κ3) is 7.07. The van der Waals surface area contributed by atoms with E-state index in [1.54, 1.807) is 32.1 Å². The molecule has 0 aliphatic carbocycles. The van der Waals surface area contributed by atoms with E-state index in [0.29, 0.717) is 27.9 Å². The van der Waals surface area contributed by atoms with Crippen molar-refractivity contribution in [3.05, 3.63) is 105 Å². The average Bonchev–Trinajstić information content (AvgIpc) is 3.21. The van der Waals surface area contributed by atoms with Crippen LogP contribution in [-0.4, -0.2) is 26.5 Å². The Morgan fingerprint density at radius 2 is 1.91 bits per heavy atom. The Morgan fingerprint density at radius 3 is 2.55 bits per heavy atom. The van der Waals surface area contributed by atoms with Gasteiger partial charge in [0.25, 0.3) is 0 Å². The molecule has 6 nitrogen and oxygen atoms in total. The van der Waals surface area contributed by atoms with Crippen molar-refractivity contribution >= 4 is 41.2 Å². The molecule has 0 aliphatic heterocycles.